The molecule has 0 fully saturated rings. The Morgan fingerprint density at radius 2 is 1.76 bits per heavy atom. The van der Waals surface area contributed by atoms with Gasteiger partial charge in [0.2, 0.25) is 0 Å². The molecule has 0 bridgehead atoms. The fourth-order valence-corrected chi connectivity index (χ4v) is 3.22. The van der Waals surface area contributed by atoms with Gasteiger partial charge in [0, 0.05) is 23.3 Å². The molecule has 1 N–H and O–H groups in total. The lowest BCUT2D eigenvalue weighted by Gasteiger charge is -2.12. The predicted molar refractivity (Wildman–Crippen MR) is 123 cm³/mol. The fraction of sp³-hybridized carbons (Fsp3) is 0.125. The predicted octanol–water partition coefficient (Wildman–Crippen LogP) is 5.45. The molecule has 0 aliphatic heterocycles. The fourth-order valence-electron chi connectivity index (χ4n) is 2.99. The summed E-state index contributed by atoms with van der Waals surface area (Å²) in [6.07, 6.45) is 3.05. The van der Waals surface area contributed by atoms with Crippen LogP contribution in [0.2, 0.25) is 5.02 Å². The summed E-state index contributed by atoms with van der Waals surface area (Å²) in [5, 5.41) is 20.6. The van der Waals surface area contributed by atoms with Crippen LogP contribution in [0.15, 0.2) is 60.7 Å². The third kappa shape index (κ3) is 5.81. The first-order chi connectivity index (χ1) is 15.8. The van der Waals surface area contributed by atoms with Crippen molar-refractivity contribution in [2.24, 2.45) is 0 Å². The van der Waals surface area contributed by atoms with Crippen LogP contribution in [0.3, 0.4) is 0 Å². The number of non-ortho nitro benzene ring substituents is 1. The molecule has 3 aromatic rings. The highest BCUT2D eigenvalue weighted by molar-refractivity contribution is 6.32. The maximum absolute atomic E-state index is 12.5. The van der Waals surface area contributed by atoms with Gasteiger partial charge in [-0.2, -0.15) is 0 Å². The second-order valence-corrected chi connectivity index (χ2v) is 7.22. The van der Waals surface area contributed by atoms with Gasteiger partial charge in [-0.05, 0) is 48.0 Å². The Hall–Kier alpha value is -4.04. The molecule has 0 saturated heterocycles. The number of nitrogens with zero attached hydrogens (tertiary/aromatic N) is 1. The lowest BCUT2D eigenvalue weighted by Crippen LogP contribution is -2.00. The number of benzene rings is 3. The molecule has 0 radical (unpaired) electrons. The highest BCUT2D eigenvalue weighted by Crippen LogP contribution is 2.31. The van der Waals surface area contributed by atoms with E-state index in [9.17, 15) is 20.0 Å². The molecule has 3 rings (SSSR count). The van der Waals surface area contributed by atoms with Crippen LogP contribution in [0.1, 0.15) is 21.5 Å². The smallest absolute Gasteiger partial charge is 0.271 e. The van der Waals surface area contributed by atoms with Crippen LogP contribution >= 0.6 is 11.6 Å². The second-order valence-electron chi connectivity index (χ2n) is 6.82. The average Bonchev–Trinajstić information content (AvgIpc) is 2.81. The van der Waals surface area contributed by atoms with Gasteiger partial charge in [-0.3, -0.25) is 14.9 Å². The van der Waals surface area contributed by atoms with E-state index < -0.39 is 4.92 Å². The van der Waals surface area contributed by atoms with E-state index in [1.807, 2.05) is 0 Å². The van der Waals surface area contributed by atoms with Crippen molar-refractivity contribution in [1.82, 2.24) is 0 Å². The highest BCUT2D eigenvalue weighted by Gasteiger charge is 2.12. The minimum atomic E-state index is -0.538. The van der Waals surface area contributed by atoms with Crippen molar-refractivity contribution < 1.29 is 29.0 Å². The van der Waals surface area contributed by atoms with Crippen molar-refractivity contribution >= 4 is 29.1 Å². The summed E-state index contributed by atoms with van der Waals surface area (Å²) in [6.45, 7) is 0.0888. The van der Waals surface area contributed by atoms with Crippen LogP contribution in [0.5, 0.6) is 23.0 Å². The molecule has 0 aromatic heterocycles. The standard InChI is InChI=1S/C24H20ClNO7/c1-31-22-9-4-15(3-7-20(27)16-5-8-21(28)24(12-16)32-2)11-17(22)14-33-23-10-6-18(26(29)30)13-19(23)25/h3-13,28H,14H2,1-2H3/b7-3+. The molecule has 0 unspecified atom stereocenters. The van der Waals surface area contributed by atoms with Gasteiger partial charge in [-0.1, -0.05) is 23.7 Å². The summed E-state index contributed by atoms with van der Waals surface area (Å²) in [4.78, 5) is 22.8. The zero-order valence-electron chi connectivity index (χ0n) is 17.8. The van der Waals surface area contributed by atoms with Crippen molar-refractivity contribution in [2.45, 2.75) is 6.61 Å². The number of rotatable bonds is 9. The number of carbonyl (C=O) groups is 1. The molecule has 0 heterocycles. The molecule has 0 aliphatic carbocycles. The highest BCUT2D eigenvalue weighted by atomic mass is 35.5. The maximum Gasteiger partial charge on any atom is 0.271 e. The van der Waals surface area contributed by atoms with E-state index >= 15 is 0 Å². The summed E-state index contributed by atoms with van der Waals surface area (Å²) in [5.41, 5.74) is 1.65. The van der Waals surface area contributed by atoms with E-state index in [1.165, 1.54) is 56.7 Å². The number of phenols is 1. The van der Waals surface area contributed by atoms with Gasteiger partial charge in [0.1, 0.15) is 18.1 Å². The van der Waals surface area contributed by atoms with Crippen molar-refractivity contribution in [3.8, 4) is 23.0 Å². The molecule has 8 nitrogen and oxygen atoms in total. The van der Waals surface area contributed by atoms with Gasteiger partial charge in [0.05, 0.1) is 24.2 Å². The van der Waals surface area contributed by atoms with Crippen LogP contribution in [0.25, 0.3) is 6.08 Å². The van der Waals surface area contributed by atoms with Crippen molar-refractivity contribution in [3.63, 3.8) is 0 Å². The number of allylic oxidation sites excluding steroid dienone is 1. The van der Waals surface area contributed by atoms with Gasteiger partial charge >= 0.3 is 0 Å². The Morgan fingerprint density at radius 3 is 2.42 bits per heavy atom. The average molecular weight is 470 g/mol. The Morgan fingerprint density at radius 1 is 1.03 bits per heavy atom. The lowest BCUT2D eigenvalue weighted by molar-refractivity contribution is -0.384. The number of ketones is 1. The Bertz CT molecular complexity index is 1220. The first kappa shape index (κ1) is 23.6. The number of hydrogen-bond donors (Lipinski definition) is 1. The van der Waals surface area contributed by atoms with Gasteiger partial charge in [-0.25, -0.2) is 0 Å². The molecular weight excluding hydrogens is 450 g/mol. The van der Waals surface area contributed by atoms with Gasteiger partial charge in [0.15, 0.2) is 17.3 Å². The molecule has 170 valence electrons. The van der Waals surface area contributed by atoms with Crippen molar-refractivity contribution in [2.75, 3.05) is 14.2 Å². The van der Waals surface area contributed by atoms with E-state index in [2.05, 4.69) is 0 Å². The van der Waals surface area contributed by atoms with Gasteiger partial charge in [-0.15, -0.1) is 0 Å². The monoisotopic (exact) mass is 469 g/mol. The first-order valence-corrected chi connectivity index (χ1v) is 10.0. The zero-order chi connectivity index (χ0) is 24.0. The molecule has 0 aliphatic rings. The van der Waals surface area contributed by atoms with E-state index in [1.54, 1.807) is 24.3 Å². The summed E-state index contributed by atoms with van der Waals surface area (Å²) < 4.78 is 16.1. The summed E-state index contributed by atoms with van der Waals surface area (Å²) >= 11 is 6.08. The minimum Gasteiger partial charge on any atom is -0.504 e. The van der Waals surface area contributed by atoms with Gasteiger partial charge in [0.25, 0.3) is 5.69 Å². The summed E-state index contributed by atoms with van der Waals surface area (Å²) in [6, 6.07) is 13.6. The van der Waals surface area contributed by atoms with Crippen molar-refractivity contribution in [1.29, 1.82) is 0 Å². The minimum absolute atomic E-state index is 0.0500. The third-order valence-electron chi connectivity index (χ3n) is 4.71. The van der Waals surface area contributed by atoms with E-state index in [4.69, 9.17) is 25.8 Å². The van der Waals surface area contributed by atoms with Crippen LogP contribution in [-0.2, 0) is 6.61 Å². The molecule has 9 heteroatoms. The largest absolute Gasteiger partial charge is 0.504 e. The SMILES string of the molecule is COc1cc(C(=O)/C=C/c2ccc(OC)c(COc3ccc([N+](=O)[O-])cc3Cl)c2)ccc1O. The summed E-state index contributed by atoms with van der Waals surface area (Å²) in [5.74, 6) is 0.759. The van der Waals surface area contributed by atoms with Crippen LogP contribution < -0.4 is 14.2 Å². The number of methoxy groups -OCH3 is 2. The molecule has 0 atom stereocenters. The number of halogens is 1. The number of phenolic OH excluding ortho intramolecular Hbond substituents is 1. The Kier molecular flexibility index (Phi) is 7.53. The van der Waals surface area contributed by atoms with Crippen LogP contribution in [0.4, 0.5) is 5.69 Å². The normalized spacial score (nSPS) is 10.8. The van der Waals surface area contributed by atoms with E-state index in [0.29, 0.717) is 22.6 Å². The zero-order valence-corrected chi connectivity index (χ0v) is 18.5. The topological polar surface area (TPSA) is 108 Å². The molecule has 0 spiro atoms. The number of aromatic hydroxyl groups is 1. The number of ether oxygens (including phenoxy) is 3. The van der Waals surface area contributed by atoms with Crippen LogP contribution in [-0.4, -0.2) is 30.0 Å². The van der Waals surface area contributed by atoms with Crippen molar-refractivity contribution in [3.05, 3.63) is 92.5 Å². The lowest BCUT2D eigenvalue weighted by atomic mass is 10.1. The summed E-state index contributed by atoms with van der Waals surface area (Å²) in [7, 11) is 2.93. The third-order valence-corrected chi connectivity index (χ3v) is 5.00. The molecular formula is C24H20ClNO7. The van der Waals surface area contributed by atoms with E-state index in [0.717, 1.165) is 5.56 Å². The molecule has 0 saturated carbocycles. The number of hydrogen-bond acceptors (Lipinski definition) is 7. The number of carbonyl (C=O) groups excluding carboxylic acids is 1. The second kappa shape index (κ2) is 10.5. The Balaban J connectivity index is 1.76. The molecule has 0 amide bonds. The molecule has 3 aromatic carbocycles. The number of nitro groups is 1. The van der Waals surface area contributed by atoms with Gasteiger partial charge < -0.3 is 19.3 Å². The first-order valence-electron chi connectivity index (χ1n) is 9.65. The van der Waals surface area contributed by atoms with Crippen LogP contribution in [0, 0.1) is 10.1 Å². The number of nitro benzene ring substituents is 1. The van der Waals surface area contributed by atoms with E-state index in [-0.39, 0.29) is 34.6 Å². The quantitative estimate of drug-likeness (QED) is 0.192. The maximum atomic E-state index is 12.5. The molecule has 33 heavy (non-hydrogen) atoms. The Labute approximate surface area is 194 Å².